The number of phenols is 1. The van der Waals surface area contributed by atoms with Crippen molar-refractivity contribution in [2.24, 2.45) is 0 Å². The zero-order valence-corrected chi connectivity index (χ0v) is 5.88. The van der Waals surface area contributed by atoms with Gasteiger partial charge in [0.25, 0.3) is 0 Å². The van der Waals surface area contributed by atoms with Gasteiger partial charge in [0.15, 0.2) is 0 Å². The van der Waals surface area contributed by atoms with Crippen LogP contribution < -0.4 is 4.46 Å². The van der Waals surface area contributed by atoms with Crippen LogP contribution in [0, 0.1) is 0 Å². The monoisotopic (exact) mass is 173 g/mol. The van der Waals surface area contributed by atoms with E-state index in [1.54, 1.807) is 18.2 Å². The summed E-state index contributed by atoms with van der Waals surface area (Å²) in [6.45, 7) is 0. The van der Waals surface area contributed by atoms with Gasteiger partial charge in [0.2, 0.25) is 0 Å². The van der Waals surface area contributed by atoms with E-state index in [0.717, 1.165) is 4.46 Å². The Balaban J connectivity index is 3.08. The molecule has 41 valence electrons. The first-order chi connectivity index (χ1) is 3.79. The van der Waals surface area contributed by atoms with Crippen molar-refractivity contribution < 1.29 is 5.11 Å². The molecule has 0 saturated carbocycles. The summed E-state index contributed by atoms with van der Waals surface area (Å²) in [6.07, 6.45) is 0. The molecule has 0 amide bonds. The third kappa shape index (κ3) is 1.25. The Kier molecular flexibility index (Phi) is 1.56. The van der Waals surface area contributed by atoms with Gasteiger partial charge in [-0.3, -0.25) is 0 Å². The second-order valence-corrected chi connectivity index (χ2v) is 2.49. The molecule has 0 atom stereocenters. The van der Waals surface area contributed by atoms with E-state index in [1.165, 1.54) is 0 Å². The van der Waals surface area contributed by atoms with Crippen molar-refractivity contribution in [1.82, 2.24) is 0 Å². The molecule has 1 N–H and O–H groups in total. The summed E-state index contributed by atoms with van der Waals surface area (Å²) >= 11 is 2.78. The second kappa shape index (κ2) is 2.21. The van der Waals surface area contributed by atoms with Crippen molar-refractivity contribution in [3.8, 4) is 5.75 Å². The van der Waals surface area contributed by atoms with E-state index in [-0.39, 0.29) is 0 Å². The van der Waals surface area contributed by atoms with Crippen molar-refractivity contribution in [3.05, 3.63) is 24.3 Å². The first-order valence-corrected chi connectivity index (χ1v) is 3.11. The fraction of sp³-hybridized carbons (Fsp3) is 0. The van der Waals surface area contributed by atoms with Gasteiger partial charge < -0.3 is 0 Å². The van der Waals surface area contributed by atoms with Crippen LogP contribution in [0.1, 0.15) is 0 Å². The van der Waals surface area contributed by atoms with Gasteiger partial charge in [-0.1, -0.05) is 0 Å². The van der Waals surface area contributed by atoms with Gasteiger partial charge in [0.05, 0.1) is 0 Å². The summed E-state index contributed by atoms with van der Waals surface area (Å²) in [5.74, 6) is 0.307. The van der Waals surface area contributed by atoms with Gasteiger partial charge in [-0.15, -0.1) is 0 Å². The molecule has 0 aliphatic carbocycles. The number of benzene rings is 1. The van der Waals surface area contributed by atoms with E-state index >= 15 is 0 Å². The third-order valence-electron chi connectivity index (χ3n) is 0.818. The maximum absolute atomic E-state index is 8.79. The molecule has 1 radical (unpaired) electrons. The van der Waals surface area contributed by atoms with Gasteiger partial charge in [0, 0.05) is 0 Å². The standard InChI is InChI=1S/C6H5OSe/c7-5-2-1-3-6(8)4-5/h1-4,7H. The van der Waals surface area contributed by atoms with Crippen LogP contribution in [0.3, 0.4) is 0 Å². The Morgan fingerprint density at radius 1 is 1.38 bits per heavy atom. The van der Waals surface area contributed by atoms with Crippen LogP contribution in [0.2, 0.25) is 0 Å². The van der Waals surface area contributed by atoms with E-state index in [1.807, 2.05) is 6.07 Å². The fourth-order valence-electron chi connectivity index (χ4n) is 0.484. The molecule has 0 bridgehead atoms. The molecular formula is C6H5OSe. The van der Waals surface area contributed by atoms with E-state index < -0.39 is 0 Å². The Bertz CT molecular complexity index is 168. The van der Waals surface area contributed by atoms with E-state index in [0.29, 0.717) is 5.75 Å². The molecule has 0 heterocycles. The van der Waals surface area contributed by atoms with Crippen LogP contribution in [-0.2, 0) is 0 Å². The Hall–Kier alpha value is -0.461. The molecule has 0 unspecified atom stereocenters. The predicted molar refractivity (Wildman–Crippen MR) is 33.5 cm³/mol. The molecule has 8 heavy (non-hydrogen) atoms. The van der Waals surface area contributed by atoms with Gasteiger partial charge in [-0.2, -0.15) is 0 Å². The summed E-state index contributed by atoms with van der Waals surface area (Å²) < 4.78 is 0.963. The Labute approximate surface area is 56.2 Å². The molecule has 0 fully saturated rings. The van der Waals surface area contributed by atoms with Crippen LogP contribution in [0.15, 0.2) is 24.3 Å². The van der Waals surface area contributed by atoms with Crippen molar-refractivity contribution in [3.63, 3.8) is 0 Å². The number of hydrogen-bond acceptors (Lipinski definition) is 1. The normalized spacial score (nSPS) is 9.00. The number of hydrogen-bond donors (Lipinski definition) is 1. The van der Waals surface area contributed by atoms with E-state index in [9.17, 15) is 0 Å². The Morgan fingerprint density at radius 3 is 2.50 bits per heavy atom. The van der Waals surface area contributed by atoms with Gasteiger partial charge in [0.1, 0.15) is 0 Å². The molecule has 1 nitrogen and oxygen atoms in total. The van der Waals surface area contributed by atoms with Crippen molar-refractivity contribution in [1.29, 1.82) is 0 Å². The molecular weight excluding hydrogens is 167 g/mol. The molecule has 1 rings (SSSR count). The van der Waals surface area contributed by atoms with Crippen molar-refractivity contribution >= 4 is 20.5 Å². The van der Waals surface area contributed by atoms with Crippen LogP contribution in [0.5, 0.6) is 5.75 Å². The summed E-state index contributed by atoms with van der Waals surface area (Å²) in [7, 11) is 0. The van der Waals surface area contributed by atoms with Gasteiger partial charge in [-0.05, 0) is 0 Å². The average molecular weight is 172 g/mol. The summed E-state index contributed by atoms with van der Waals surface area (Å²) in [4.78, 5) is 0. The summed E-state index contributed by atoms with van der Waals surface area (Å²) in [5, 5.41) is 8.79. The van der Waals surface area contributed by atoms with Crippen LogP contribution in [-0.4, -0.2) is 21.1 Å². The zero-order chi connectivity index (χ0) is 5.98. The third-order valence-corrected chi connectivity index (χ3v) is 1.35. The molecule has 0 aliphatic rings. The second-order valence-electron chi connectivity index (χ2n) is 1.50. The van der Waals surface area contributed by atoms with Gasteiger partial charge >= 0.3 is 55.6 Å². The first-order valence-electron chi connectivity index (χ1n) is 2.25. The number of phenolic OH excluding ortho intramolecular Hbond substituents is 1. The molecule has 1 aromatic carbocycles. The van der Waals surface area contributed by atoms with E-state index in [4.69, 9.17) is 5.11 Å². The minimum absolute atomic E-state index is 0.307. The molecule has 0 aromatic heterocycles. The number of rotatable bonds is 0. The Morgan fingerprint density at radius 2 is 2.12 bits per heavy atom. The van der Waals surface area contributed by atoms with Gasteiger partial charge in [-0.25, -0.2) is 0 Å². The molecule has 0 aliphatic heterocycles. The summed E-state index contributed by atoms with van der Waals surface area (Å²) in [5.41, 5.74) is 0. The fourth-order valence-corrected chi connectivity index (χ4v) is 0.902. The quantitative estimate of drug-likeness (QED) is 0.553. The van der Waals surface area contributed by atoms with Crippen molar-refractivity contribution in [2.45, 2.75) is 0 Å². The van der Waals surface area contributed by atoms with Crippen LogP contribution in [0.4, 0.5) is 0 Å². The van der Waals surface area contributed by atoms with Crippen LogP contribution >= 0.6 is 0 Å². The average Bonchev–Trinajstić information content (AvgIpc) is 1.64. The molecule has 1 aromatic rings. The molecule has 2 heteroatoms. The molecule has 0 spiro atoms. The summed E-state index contributed by atoms with van der Waals surface area (Å²) in [6, 6.07) is 6.99. The topological polar surface area (TPSA) is 20.2 Å². The van der Waals surface area contributed by atoms with Crippen molar-refractivity contribution in [2.75, 3.05) is 0 Å². The number of aromatic hydroxyl groups is 1. The SMILES string of the molecule is Oc1cccc([Se])c1. The first kappa shape index (κ1) is 5.67. The van der Waals surface area contributed by atoms with E-state index in [2.05, 4.69) is 16.0 Å². The minimum atomic E-state index is 0.307. The predicted octanol–water partition coefficient (Wildman–Crippen LogP) is 0.186. The maximum atomic E-state index is 8.79. The zero-order valence-electron chi connectivity index (χ0n) is 4.16. The molecule has 0 saturated heterocycles. The van der Waals surface area contributed by atoms with Crippen LogP contribution in [0.25, 0.3) is 0 Å².